The van der Waals surface area contributed by atoms with Gasteiger partial charge in [-0.3, -0.25) is 9.59 Å². The molecule has 1 heterocycles. The molecule has 1 aliphatic rings. The Kier molecular flexibility index (Phi) is 3.29. The molecular weight excluding hydrogens is 328 g/mol. The van der Waals surface area contributed by atoms with Crippen molar-refractivity contribution in [3.05, 3.63) is 59.2 Å². The van der Waals surface area contributed by atoms with E-state index >= 15 is 0 Å². The third-order valence-electron chi connectivity index (χ3n) is 3.44. The van der Waals surface area contributed by atoms with Gasteiger partial charge in [-0.05, 0) is 24.3 Å². The van der Waals surface area contributed by atoms with Crippen molar-refractivity contribution in [1.82, 2.24) is 0 Å². The van der Waals surface area contributed by atoms with Gasteiger partial charge in [-0.25, -0.2) is 22.1 Å². The van der Waals surface area contributed by atoms with Gasteiger partial charge >= 0.3 is 0 Å². The number of hydrogen-bond donors (Lipinski definition) is 0. The molecule has 118 valence electrons. The van der Waals surface area contributed by atoms with Gasteiger partial charge in [0.15, 0.2) is 21.5 Å². The molecule has 2 aromatic rings. The molecule has 0 N–H and O–H groups in total. The number of nitrogens with zero attached hydrogens (tertiary/aromatic N) is 1. The van der Waals surface area contributed by atoms with E-state index in [-0.39, 0.29) is 11.1 Å². The number of hydrogen-bond acceptors (Lipinski definition) is 4. The van der Waals surface area contributed by atoms with Gasteiger partial charge in [0.2, 0.25) is 0 Å². The maximum Gasteiger partial charge on any atom is 0.266 e. The molecule has 2 aromatic carbocycles. The summed E-state index contributed by atoms with van der Waals surface area (Å²) in [5.74, 6) is -4.34. The summed E-state index contributed by atoms with van der Waals surface area (Å²) >= 11 is 0. The van der Waals surface area contributed by atoms with Crippen molar-refractivity contribution >= 4 is 27.3 Å². The number of amides is 2. The number of rotatable bonds is 2. The summed E-state index contributed by atoms with van der Waals surface area (Å²) in [7, 11) is -3.84. The second-order valence-electron chi connectivity index (χ2n) is 5.00. The van der Waals surface area contributed by atoms with Gasteiger partial charge in [0.05, 0.1) is 16.0 Å². The largest absolute Gasteiger partial charge is 0.268 e. The van der Waals surface area contributed by atoms with Crippen LogP contribution < -0.4 is 4.90 Å². The highest BCUT2D eigenvalue weighted by molar-refractivity contribution is 7.90. The van der Waals surface area contributed by atoms with Crippen LogP contribution in [0.1, 0.15) is 20.7 Å². The average molecular weight is 337 g/mol. The quantitative estimate of drug-likeness (QED) is 0.788. The Morgan fingerprint density at radius 3 is 1.74 bits per heavy atom. The predicted octanol–water partition coefficient (Wildman–Crippen LogP) is 2.17. The molecule has 23 heavy (non-hydrogen) atoms. The number of sulfone groups is 1. The van der Waals surface area contributed by atoms with Crippen LogP contribution in [0.15, 0.2) is 41.3 Å². The van der Waals surface area contributed by atoms with Crippen LogP contribution in [-0.2, 0) is 9.84 Å². The number of carbonyl (C=O) groups excluding carboxylic acids is 2. The third-order valence-corrected chi connectivity index (χ3v) is 4.53. The molecule has 0 saturated carbocycles. The van der Waals surface area contributed by atoms with Crippen LogP contribution in [0, 0.1) is 11.6 Å². The van der Waals surface area contributed by atoms with E-state index in [1.807, 2.05) is 0 Å². The van der Waals surface area contributed by atoms with Gasteiger partial charge in [-0.1, -0.05) is 12.1 Å². The fraction of sp³-hybridized carbons (Fsp3) is 0.0667. The van der Waals surface area contributed by atoms with Crippen LogP contribution in [0.2, 0.25) is 0 Å². The van der Waals surface area contributed by atoms with Gasteiger partial charge in [-0.15, -0.1) is 0 Å². The number of imide groups is 1. The highest BCUT2D eigenvalue weighted by Crippen LogP contribution is 2.33. The second-order valence-corrected chi connectivity index (χ2v) is 7.01. The lowest BCUT2D eigenvalue weighted by Gasteiger charge is -2.16. The molecule has 0 aliphatic carbocycles. The van der Waals surface area contributed by atoms with Gasteiger partial charge in [0, 0.05) is 6.26 Å². The van der Waals surface area contributed by atoms with E-state index in [0.29, 0.717) is 17.0 Å². The Morgan fingerprint density at radius 1 is 0.913 bits per heavy atom. The molecule has 0 saturated heterocycles. The Bertz CT molecular complexity index is 911. The first-order valence-electron chi connectivity index (χ1n) is 6.38. The summed E-state index contributed by atoms with van der Waals surface area (Å²) in [6.07, 6.45) is 0.795. The van der Waals surface area contributed by atoms with Crippen molar-refractivity contribution in [2.24, 2.45) is 0 Å². The molecule has 0 radical (unpaired) electrons. The van der Waals surface area contributed by atoms with Crippen molar-refractivity contribution < 1.29 is 26.8 Å². The van der Waals surface area contributed by atoms with Gasteiger partial charge in [-0.2, -0.15) is 0 Å². The fourth-order valence-electron chi connectivity index (χ4n) is 2.36. The average Bonchev–Trinajstić information content (AvgIpc) is 2.71. The minimum Gasteiger partial charge on any atom is -0.268 e. The minimum atomic E-state index is -3.84. The lowest BCUT2D eigenvalue weighted by molar-refractivity contribution is 0.0923. The van der Waals surface area contributed by atoms with E-state index in [1.165, 1.54) is 24.3 Å². The smallest absolute Gasteiger partial charge is 0.266 e. The first kappa shape index (κ1) is 15.3. The maximum absolute atomic E-state index is 14.2. The van der Waals surface area contributed by atoms with Crippen LogP contribution in [0.5, 0.6) is 0 Å². The Balaban J connectivity index is 2.18. The zero-order chi connectivity index (χ0) is 16.9. The zero-order valence-corrected chi connectivity index (χ0v) is 12.5. The number of halogens is 2. The SMILES string of the molecule is CS(=O)(=O)c1cc(F)c(N2C(=O)c3ccccc3C2=O)c(F)c1. The van der Waals surface area contributed by atoms with Crippen LogP contribution in [0.25, 0.3) is 0 Å². The zero-order valence-electron chi connectivity index (χ0n) is 11.7. The highest BCUT2D eigenvalue weighted by Gasteiger charge is 2.39. The molecule has 0 aromatic heterocycles. The summed E-state index contributed by atoms with van der Waals surface area (Å²) in [4.78, 5) is 24.3. The topological polar surface area (TPSA) is 71.5 Å². The number of carbonyl (C=O) groups is 2. The maximum atomic E-state index is 14.2. The fourth-order valence-corrected chi connectivity index (χ4v) is 3.00. The predicted molar refractivity (Wildman–Crippen MR) is 77.0 cm³/mol. The first-order valence-corrected chi connectivity index (χ1v) is 8.28. The molecule has 1 aliphatic heterocycles. The van der Waals surface area contributed by atoms with Gasteiger partial charge < -0.3 is 0 Å². The summed E-state index contributed by atoms with van der Waals surface area (Å²) in [5.41, 5.74) is -0.824. The van der Waals surface area contributed by atoms with E-state index in [0.717, 1.165) is 6.26 Å². The van der Waals surface area contributed by atoms with E-state index < -0.39 is 43.9 Å². The summed E-state index contributed by atoms with van der Waals surface area (Å²) in [6.45, 7) is 0. The number of anilines is 1. The van der Waals surface area contributed by atoms with E-state index in [1.54, 1.807) is 0 Å². The molecule has 3 rings (SSSR count). The van der Waals surface area contributed by atoms with Crippen LogP contribution in [0.4, 0.5) is 14.5 Å². The summed E-state index contributed by atoms with van der Waals surface area (Å²) < 4.78 is 51.2. The molecular formula is C15H9F2NO4S. The molecule has 0 atom stereocenters. The Morgan fingerprint density at radius 2 is 1.35 bits per heavy atom. The molecule has 0 spiro atoms. The monoisotopic (exact) mass is 337 g/mol. The van der Waals surface area contributed by atoms with Crippen LogP contribution >= 0.6 is 0 Å². The van der Waals surface area contributed by atoms with Gasteiger partial charge in [0.1, 0.15) is 5.69 Å². The lowest BCUT2D eigenvalue weighted by atomic mass is 10.1. The second kappa shape index (κ2) is 4.95. The van der Waals surface area contributed by atoms with E-state index in [4.69, 9.17) is 0 Å². The van der Waals surface area contributed by atoms with Crippen molar-refractivity contribution in [3.63, 3.8) is 0 Å². The summed E-state index contributed by atoms with van der Waals surface area (Å²) in [5, 5.41) is 0. The molecule has 8 heteroatoms. The van der Waals surface area contributed by atoms with Crippen molar-refractivity contribution in [1.29, 1.82) is 0 Å². The molecule has 5 nitrogen and oxygen atoms in total. The highest BCUT2D eigenvalue weighted by atomic mass is 32.2. The Labute approximate surface area is 130 Å². The van der Waals surface area contributed by atoms with Gasteiger partial charge in [0.25, 0.3) is 11.8 Å². The van der Waals surface area contributed by atoms with Crippen molar-refractivity contribution in [3.8, 4) is 0 Å². The van der Waals surface area contributed by atoms with Crippen LogP contribution in [0.3, 0.4) is 0 Å². The third kappa shape index (κ3) is 2.31. The van der Waals surface area contributed by atoms with E-state index in [9.17, 15) is 26.8 Å². The molecule has 2 amide bonds. The number of benzene rings is 2. The van der Waals surface area contributed by atoms with Crippen molar-refractivity contribution in [2.45, 2.75) is 4.90 Å². The normalized spacial score (nSPS) is 14.3. The van der Waals surface area contributed by atoms with Crippen LogP contribution in [-0.4, -0.2) is 26.5 Å². The lowest BCUT2D eigenvalue weighted by Crippen LogP contribution is -2.31. The first-order chi connectivity index (χ1) is 10.7. The molecule has 0 bridgehead atoms. The minimum absolute atomic E-state index is 0.0310. The number of fused-ring (bicyclic) bond motifs is 1. The summed E-state index contributed by atoms with van der Waals surface area (Å²) in [6, 6.07) is 6.95. The molecule has 0 unspecified atom stereocenters. The molecule has 0 fully saturated rings. The Hall–Kier alpha value is -2.61. The standard InChI is InChI=1S/C15H9F2NO4S/c1-23(21,22)8-6-11(16)13(12(17)7-8)18-14(19)9-4-2-3-5-10(9)15(18)20/h2-7H,1H3. The van der Waals surface area contributed by atoms with E-state index in [2.05, 4.69) is 0 Å². The van der Waals surface area contributed by atoms with Crippen molar-refractivity contribution in [2.75, 3.05) is 11.2 Å².